The van der Waals surface area contributed by atoms with Crippen molar-refractivity contribution in [2.24, 2.45) is 5.92 Å². The van der Waals surface area contributed by atoms with Crippen molar-refractivity contribution in [3.63, 3.8) is 0 Å². The summed E-state index contributed by atoms with van der Waals surface area (Å²) in [6, 6.07) is 5.02. The summed E-state index contributed by atoms with van der Waals surface area (Å²) >= 11 is 0. The van der Waals surface area contributed by atoms with Gasteiger partial charge in [-0.05, 0) is 80.5 Å². The molecule has 6 N–H and O–H groups in total. The molecule has 2 aliphatic rings. The number of nitrogens with one attached hydrogen (secondary N) is 4. The van der Waals surface area contributed by atoms with Crippen molar-refractivity contribution in [3.8, 4) is 0 Å². The van der Waals surface area contributed by atoms with E-state index in [4.69, 9.17) is 9.94 Å². The zero-order valence-corrected chi connectivity index (χ0v) is 23.3. The third kappa shape index (κ3) is 10.5. The second-order valence-corrected chi connectivity index (χ2v) is 11.3. The maximum atomic E-state index is 12.9. The van der Waals surface area contributed by atoms with Crippen LogP contribution in [0.15, 0.2) is 18.2 Å². The number of ether oxygens (including phenoxy) is 1. The molecule has 218 valence electrons. The Bertz CT molecular complexity index is 950. The molecule has 0 radical (unpaired) electrons. The van der Waals surface area contributed by atoms with Crippen LogP contribution < -0.4 is 21.4 Å². The van der Waals surface area contributed by atoms with Crippen molar-refractivity contribution in [1.82, 2.24) is 16.1 Å². The minimum Gasteiger partial charge on any atom is -0.461 e. The largest absolute Gasteiger partial charge is 0.461 e. The first-order valence-electron chi connectivity index (χ1n) is 14.5. The minimum absolute atomic E-state index is 0.00688. The van der Waals surface area contributed by atoms with Crippen LogP contribution in [-0.4, -0.2) is 52.5 Å². The van der Waals surface area contributed by atoms with Crippen LogP contribution >= 0.6 is 0 Å². The monoisotopic (exact) mass is 546 g/mol. The average Bonchev–Trinajstić information content (AvgIpc) is 3.42. The quantitative estimate of drug-likeness (QED) is 0.0645. The molecule has 1 heterocycles. The van der Waals surface area contributed by atoms with Gasteiger partial charge in [-0.2, -0.15) is 0 Å². The summed E-state index contributed by atoms with van der Waals surface area (Å²) < 4.78 is 5.73. The Morgan fingerprint density at radius 2 is 1.72 bits per heavy atom. The fourth-order valence-electron chi connectivity index (χ4n) is 5.32. The number of rotatable bonds is 15. The molecule has 0 spiro atoms. The highest BCUT2D eigenvalue weighted by Gasteiger charge is 2.31. The Morgan fingerprint density at radius 3 is 2.38 bits per heavy atom. The lowest BCUT2D eigenvalue weighted by Crippen LogP contribution is -2.56. The van der Waals surface area contributed by atoms with Gasteiger partial charge < -0.3 is 20.5 Å². The van der Waals surface area contributed by atoms with Crippen LogP contribution in [0.1, 0.15) is 95.6 Å². The van der Waals surface area contributed by atoms with Crippen LogP contribution in [0.5, 0.6) is 0 Å². The highest BCUT2D eigenvalue weighted by atomic mass is 16.5. The van der Waals surface area contributed by atoms with Crippen molar-refractivity contribution < 1.29 is 29.4 Å². The Morgan fingerprint density at radius 1 is 1.03 bits per heavy atom. The van der Waals surface area contributed by atoms with Gasteiger partial charge in [0, 0.05) is 25.1 Å². The first-order valence-corrected chi connectivity index (χ1v) is 14.5. The van der Waals surface area contributed by atoms with E-state index in [-0.39, 0.29) is 42.3 Å². The van der Waals surface area contributed by atoms with E-state index in [9.17, 15) is 19.5 Å². The highest BCUT2D eigenvalue weighted by molar-refractivity contribution is 5.90. The van der Waals surface area contributed by atoms with Crippen LogP contribution in [-0.2, 0) is 32.1 Å². The highest BCUT2D eigenvalue weighted by Crippen LogP contribution is 2.24. The van der Waals surface area contributed by atoms with Gasteiger partial charge in [-0.15, -0.1) is 0 Å². The lowest BCUT2D eigenvalue weighted by atomic mass is 9.94. The van der Waals surface area contributed by atoms with E-state index in [0.717, 1.165) is 61.8 Å². The number of amides is 2. The maximum Gasteiger partial charge on any atom is 0.323 e. The molecule has 1 aliphatic heterocycles. The smallest absolute Gasteiger partial charge is 0.323 e. The van der Waals surface area contributed by atoms with Crippen molar-refractivity contribution >= 4 is 23.5 Å². The minimum atomic E-state index is -0.907. The molecule has 3 atom stereocenters. The molecule has 39 heavy (non-hydrogen) atoms. The molecule has 3 rings (SSSR count). The third-order valence-electron chi connectivity index (χ3n) is 7.50. The number of carbonyl (C=O) groups excluding carboxylic acids is 3. The van der Waals surface area contributed by atoms with E-state index < -0.39 is 12.3 Å². The molecule has 1 aliphatic carbocycles. The normalized spacial score (nSPS) is 18.8. The summed E-state index contributed by atoms with van der Waals surface area (Å²) in [6.07, 6.45) is 8.06. The second kappa shape index (κ2) is 15.9. The van der Waals surface area contributed by atoms with Gasteiger partial charge in [0.2, 0.25) is 11.8 Å². The molecule has 1 saturated carbocycles. The van der Waals surface area contributed by atoms with E-state index in [0.29, 0.717) is 32.2 Å². The van der Waals surface area contributed by atoms with Crippen LogP contribution in [0, 0.1) is 5.92 Å². The molecule has 0 bridgehead atoms. The van der Waals surface area contributed by atoms with Crippen molar-refractivity contribution in [3.05, 3.63) is 29.3 Å². The van der Waals surface area contributed by atoms with Crippen LogP contribution in [0.2, 0.25) is 0 Å². The summed E-state index contributed by atoms with van der Waals surface area (Å²) in [5.41, 5.74) is 4.52. The van der Waals surface area contributed by atoms with Gasteiger partial charge in [0.05, 0.1) is 6.04 Å². The first-order chi connectivity index (χ1) is 18.7. The van der Waals surface area contributed by atoms with Crippen molar-refractivity contribution in [2.45, 2.75) is 122 Å². The summed E-state index contributed by atoms with van der Waals surface area (Å²) in [7, 11) is 0. The Balaban J connectivity index is 1.45. The zero-order chi connectivity index (χ0) is 28.2. The van der Waals surface area contributed by atoms with E-state index in [2.05, 4.69) is 29.8 Å². The van der Waals surface area contributed by atoms with Crippen LogP contribution in [0.3, 0.4) is 0 Å². The van der Waals surface area contributed by atoms with Crippen molar-refractivity contribution in [2.75, 3.05) is 5.32 Å². The SMILES string of the molecule is CC(C)C[C@H](NC(O)[C@@H]1Cc2ccc(NC(=O)CCCCCCC(=O)NO)cc2CN1)C(=O)OC1CCCC1. The molecule has 10 heteroatoms. The lowest BCUT2D eigenvalue weighted by molar-refractivity contribution is -0.153. The van der Waals surface area contributed by atoms with Gasteiger partial charge in [-0.25, -0.2) is 5.48 Å². The summed E-state index contributed by atoms with van der Waals surface area (Å²) in [4.78, 5) is 36.2. The number of hydrogen-bond acceptors (Lipinski definition) is 8. The molecule has 1 aromatic rings. The lowest BCUT2D eigenvalue weighted by Gasteiger charge is -2.33. The third-order valence-corrected chi connectivity index (χ3v) is 7.50. The number of carbonyl (C=O) groups is 3. The van der Waals surface area contributed by atoms with Crippen molar-refractivity contribution in [1.29, 1.82) is 0 Å². The fraction of sp³-hybridized carbons (Fsp3) is 0.690. The number of hydrogen-bond donors (Lipinski definition) is 6. The molecule has 10 nitrogen and oxygen atoms in total. The Hall–Kier alpha value is -2.53. The van der Waals surface area contributed by atoms with Crippen LogP contribution in [0.4, 0.5) is 5.69 Å². The first kappa shape index (κ1) is 31.0. The number of hydroxylamine groups is 1. The van der Waals surface area contributed by atoms with E-state index in [1.807, 2.05) is 18.2 Å². The van der Waals surface area contributed by atoms with E-state index >= 15 is 0 Å². The molecule has 0 aromatic heterocycles. The van der Waals surface area contributed by atoms with Gasteiger partial charge in [0.25, 0.3) is 0 Å². The molecular formula is C29H46N4O6. The standard InChI is InChI=1S/C29H46N4O6/c1-19(2)15-25(29(37)39-23-9-7-8-10-23)32-28(36)24-17-20-13-14-22(16-21(20)18-30-24)31-26(34)11-5-3-4-6-12-27(35)33-38/h13-14,16,19,23-25,28,30,32,36,38H,3-12,15,17-18H2,1-2H3,(H,31,34)(H,33,35)/t24-,25-,28?/m0/s1. The zero-order valence-electron chi connectivity index (χ0n) is 23.3. The number of fused-ring (bicyclic) bond motifs is 1. The van der Waals surface area contributed by atoms with Gasteiger partial charge in [-0.1, -0.05) is 32.8 Å². The fourth-order valence-corrected chi connectivity index (χ4v) is 5.32. The van der Waals surface area contributed by atoms with E-state index in [1.165, 1.54) is 0 Å². The van der Waals surface area contributed by atoms with Gasteiger partial charge >= 0.3 is 5.97 Å². The predicted octanol–water partition coefficient (Wildman–Crippen LogP) is 3.29. The average molecular weight is 547 g/mol. The van der Waals surface area contributed by atoms with E-state index in [1.54, 1.807) is 5.48 Å². The molecular weight excluding hydrogens is 500 g/mol. The summed E-state index contributed by atoms with van der Waals surface area (Å²) in [5.74, 6) is -0.439. The molecule has 1 unspecified atom stereocenters. The van der Waals surface area contributed by atoms with Crippen LogP contribution in [0.25, 0.3) is 0 Å². The number of aliphatic hydroxyl groups is 1. The molecule has 1 fully saturated rings. The number of benzene rings is 1. The number of aliphatic hydroxyl groups excluding tert-OH is 1. The number of esters is 1. The Labute approximate surface area is 231 Å². The molecule has 2 amide bonds. The number of anilines is 1. The second-order valence-electron chi connectivity index (χ2n) is 11.3. The number of unbranched alkanes of at least 4 members (excludes halogenated alkanes) is 3. The summed E-state index contributed by atoms with van der Waals surface area (Å²) in [6.45, 7) is 4.65. The predicted molar refractivity (Wildman–Crippen MR) is 148 cm³/mol. The maximum absolute atomic E-state index is 12.9. The van der Waals surface area contributed by atoms with Gasteiger partial charge in [0.15, 0.2) is 0 Å². The molecule has 1 aromatic carbocycles. The molecule has 0 saturated heterocycles. The topological polar surface area (TPSA) is 149 Å². The van der Waals surface area contributed by atoms with Gasteiger partial charge in [0.1, 0.15) is 18.4 Å². The summed E-state index contributed by atoms with van der Waals surface area (Å²) in [5, 5.41) is 28.9. The van der Waals surface area contributed by atoms with Gasteiger partial charge in [-0.3, -0.25) is 24.9 Å². The Kier molecular flexibility index (Phi) is 12.6.